The minimum Gasteiger partial charge on any atom is -0.491 e. The van der Waals surface area contributed by atoms with Crippen LogP contribution in [0.3, 0.4) is 0 Å². The number of hydrogen-bond acceptors (Lipinski definition) is 1. The minimum absolute atomic E-state index is 0.0893. The summed E-state index contributed by atoms with van der Waals surface area (Å²) >= 11 is 3.50. The molecule has 1 aromatic carbocycles. The van der Waals surface area contributed by atoms with E-state index in [1.54, 1.807) is 0 Å². The molecule has 0 spiro atoms. The van der Waals surface area contributed by atoms with Crippen LogP contribution in [-0.4, -0.2) is 13.3 Å². The Morgan fingerprint density at radius 1 is 1.29 bits per heavy atom. The molecule has 94 valence electrons. The van der Waals surface area contributed by atoms with Crippen molar-refractivity contribution in [1.82, 2.24) is 0 Å². The van der Waals surface area contributed by atoms with Crippen LogP contribution in [0.5, 0.6) is 5.75 Å². The van der Waals surface area contributed by atoms with Gasteiger partial charge in [0.1, 0.15) is 5.75 Å². The van der Waals surface area contributed by atoms with Gasteiger partial charge in [-0.15, -0.1) is 0 Å². The molecule has 1 saturated heterocycles. The Morgan fingerprint density at radius 2 is 2.06 bits per heavy atom. The molecular formula is C14H21BrOSi. The van der Waals surface area contributed by atoms with Crippen molar-refractivity contribution < 1.29 is 4.74 Å². The molecule has 1 aromatic rings. The van der Waals surface area contributed by atoms with Gasteiger partial charge in [-0.3, -0.25) is 0 Å². The fourth-order valence-electron chi connectivity index (χ4n) is 2.61. The molecule has 1 aliphatic heterocycles. The zero-order valence-electron chi connectivity index (χ0n) is 10.9. The molecule has 1 unspecified atom stereocenters. The number of hydrogen-bond donors (Lipinski definition) is 0. The number of ether oxygens (including phenoxy) is 1. The topological polar surface area (TPSA) is 9.23 Å². The molecule has 3 heteroatoms. The van der Waals surface area contributed by atoms with Crippen LogP contribution in [-0.2, 0) is 0 Å². The highest BCUT2D eigenvalue weighted by Crippen LogP contribution is 2.39. The first kappa shape index (κ1) is 13.2. The third kappa shape index (κ3) is 2.76. The normalized spacial score (nSPS) is 27.8. The molecule has 0 N–H and O–H groups in total. The van der Waals surface area contributed by atoms with Gasteiger partial charge < -0.3 is 4.74 Å². The van der Waals surface area contributed by atoms with Crippen molar-refractivity contribution in [1.29, 1.82) is 0 Å². The van der Waals surface area contributed by atoms with Crippen molar-refractivity contribution >= 4 is 24.0 Å². The second kappa shape index (κ2) is 4.77. The molecular weight excluding hydrogens is 292 g/mol. The average Bonchev–Trinajstić information content (AvgIpc) is 2.23. The Morgan fingerprint density at radius 3 is 2.71 bits per heavy atom. The van der Waals surface area contributed by atoms with E-state index >= 15 is 0 Å². The van der Waals surface area contributed by atoms with Crippen molar-refractivity contribution in [2.45, 2.75) is 50.5 Å². The highest BCUT2D eigenvalue weighted by atomic mass is 79.9. The van der Waals surface area contributed by atoms with Crippen LogP contribution in [0, 0.1) is 0 Å². The van der Waals surface area contributed by atoms with E-state index in [4.69, 9.17) is 4.74 Å². The van der Waals surface area contributed by atoms with Crippen LogP contribution < -0.4 is 4.74 Å². The Labute approximate surface area is 114 Å². The third-order valence-electron chi connectivity index (χ3n) is 4.28. The molecule has 0 amide bonds. The van der Waals surface area contributed by atoms with Gasteiger partial charge >= 0.3 is 0 Å². The van der Waals surface area contributed by atoms with Gasteiger partial charge in [-0.1, -0.05) is 54.0 Å². The fourth-order valence-corrected chi connectivity index (χ4v) is 5.90. The largest absolute Gasteiger partial charge is 0.491 e. The first-order valence-electron chi connectivity index (χ1n) is 6.38. The molecule has 0 aliphatic carbocycles. The zero-order chi connectivity index (χ0) is 12.5. The molecule has 0 aromatic heterocycles. The molecule has 1 heterocycles. The summed E-state index contributed by atoms with van der Waals surface area (Å²) in [7, 11) is -1.28. The molecule has 2 rings (SSSR count). The van der Waals surface area contributed by atoms with Crippen molar-refractivity contribution in [3.05, 3.63) is 28.7 Å². The van der Waals surface area contributed by atoms with Crippen LogP contribution in [0.4, 0.5) is 0 Å². The van der Waals surface area contributed by atoms with Crippen LogP contribution in [0.25, 0.3) is 0 Å². The maximum Gasteiger partial charge on any atom is 0.120 e. The van der Waals surface area contributed by atoms with E-state index in [0.29, 0.717) is 0 Å². The Hall–Kier alpha value is -0.283. The summed E-state index contributed by atoms with van der Waals surface area (Å²) in [6.07, 6.45) is 3.90. The first-order valence-corrected chi connectivity index (χ1v) is 10.4. The monoisotopic (exact) mass is 312 g/mol. The lowest BCUT2D eigenvalue weighted by molar-refractivity contribution is 0.141. The lowest BCUT2D eigenvalue weighted by Crippen LogP contribution is -2.58. The quantitative estimate of drug-likeness (QED) is 0.697. The fraction of sp³-hybridized carbons (Fsp3) is 0.571. The SMILES string of the molecule is CC1(Oc2cccc(Br)c2)CCCC[Si]1(C)C. The van der Waals surface area contributed by atoms with Gasteiger partial charge in [-0.2, -0.15) is 0 Å². The average molecular weight is 313 g/mol. The number of halogens is 1. The highest BCUT2D eigenvalue weighted by molar-refractivity contribution is 9.10. The smallest absolute Gasteiger partial charge is 0.120 e. The van der Waals surface area contributed by atoms with Crippen LogP contribution in [0.15, 0.2) is 28.7 Å². The molecule has 0 saturated carbocycles. The Bertz CT molecular complexity index is 405. The molecule has 0 radical (unpaired) electrons. The molecule has 17 heavy (non-hydrogen) atoms. The molecule has 1 aliphatic rings. The second-order valence-electron chi connectivity index (χ2n) is 5.88. The molecule has 1 fully saturated rings. The van der Waals surface area contributed by atoms with Gasteiger partial charge in [-0.05, 0) is 31.5 Å². The van der Waals surface area contributed by atoms with Gasteiger partial charge in [0.25, 0.3) is 0 Å². The second-order valence-corrected chi connectivity index (χ2v) is 12.1. The maximum atomic E-state index is 6.37. The lowest BCUT2D eigenvalue weighted by atomic mass is 10.1. The van der Waals surface area contributed by atoms with Gasteiger partial charge in [0, 0.05) is 4.47 Å². The summed E-state index contributed by atoms with van der Waals surface area (Å²) in [6, 6.07) is 9.61. The summed E-state index contributed by atoms with van der Waals surface area (Å²) < 4.78 is 7.46. The first-order chi connectivity index (χ1) is 7.93. The van der Waals surface area contributed by atoms with E-state index < -0.39 is 8.07 Å². The van der Waals surface area contributed by atoms with E-state index in [9.17, 15) is 0 Å². The van der Waals surface area contributed by atoms with E-state index in [2.05, 4.69) is 48.1 Å². The van der Waals surface area contributed by atoms with Crippen molar-refractivity contribution in [2.75, 3.05) is 0 Å². The van der Waals surface area contributed by atoms with Crippen molar-refractivity contribution in [2.24, 2.45) is 0 Å². The predicted octanol–water partition coefficient (Wildman–Crippen LogP) is 5.02. The Balaban J connectivity index is 2.21. The van der Waals surface area contributed by atoms with E-state index in [1.807, 2.05) is 12.1 Å². The van der Waals surface area contributed by atoms with E-state index in [0.717, 1.165) is 10.2 Å². The summed E-state index contributed by atoms with van der Waals surface area (Å²) in [5.41, 5.74) is 0. The van der Waals surface area contributed by atoms with E-state index in [-0.39, 0.29) is 5.22 Å². The zero-order valence-corrected chi connectivity index (χ0v) is 13.5. The predicted molar refractivity (Wildman–Crippen MR) is 79.3 cm³/mol. The maximum absolute atomic E-state index is 6.37. The van der Waals surface area contributed by atoms with E-state index in [1.165, 1.54) is 25.3 Å². The standard InChI is InChI=1S/C14H21BrOSi/c1-14(9-4-5-10-17(14,2)3)16-13-8-6-7-12(15)11-13/h6-8,11H,4-5,9-10H2,1-3H3. The van der Waals surface area contributed by atoms with Crippen LogP contribution >= 0.6 is 15.9 Å². The van der Waals surface area contributed by atoms with Crippen LogP contribution in [0.1, 0.15) is 26.2 Å². The van der Waals surface area contributed by atoms with Gasteiger partial charge in [0.2, 0.25) is 0 Å². The molecule has 1 atom stereocenters. The summed E-state index contributed by atoms with van der Waals surface area (Å²) in [5, 5.41) is 0.0893. The van der Waals surface area contributed by atoms with Gasteiger partial charge in [0.05, 0.1) is 13.3 Å². The third-order valence-corrected chi connectivity index (χ3v) is 9.59. The Kier molecular flexibility index (Phi) is 3.69. The molecule has 1 nitrogen and oxygen atoms in total. The summed E-state index contributed by atoms with van der Waals surface area (Å²) in [6.45, 7) is 7.24. The summed E-state index contributed by atoms with van der Waals surface area (Å²) in [5.74, 6) is 1.00. The number of benzene rings is 1. The van der Waals surface area contributed by atoms with Gasteiger partial charge in [-0.25, -0.2) is 0 Å². The highest BCUT2D eigenvalue weighted by Gasteiger charge is 2.46. The van der Waals surface area contributed by atoms with Gasteiger partial charge in [0.15, 0.2) is 0 Å². The number of rotatable bonds is 2. The summed E-state index contributed by atoms with van der Waals surface area (Å²) in [4.78, 5) is 0. The lowest BCUT2D eigenvalue weighted by Gasteiger charge is -2.46. The minimum atomic E-state index is -1.28. The van der Waals surface area contributed by atoms with Crippen molar-refractivity contribution in [3.63, 3.8) is 0 Å². The molecule has 0 bridgehead atoms. The van der Waals surface area contributed by atoms with Crippen molar-refractivity contribution in [3.8, 4) is 5.75 Å². The van der Waals surface area contributed by atoms with Crippen LogP contribution in [0.2, 0.25) is 19.1 Å².